The van der Waals surface area contributed by atoms with Crippen LogP contribution in [0.3, 0.4) is 0 Å². The van der Waals surface area contributed by atoms with E-state index in [-0.39, 0.29) is 18.3 Å². The highest BCUT2D eigenvalue weighted by molar-refractivity contribution is 5.88. The number of cyclic esters (lactones) is 1. The van der Waals surface area contributed by atoms with E-state index in [0.29, 0.717) is 12.8 Å². The molecule has 2 aliphatic rings. The molecule has 0 saturated carbocycles. The van der Waals surface area contributed by atoms with Crippen LogP contribution < -0.4 is 0 Å². The number of aliphatic hydroxyl groups is 2. The molecule has 1 aromatic heterocycles. The van der Waals surface area contributed by atoms with Gasteiger partial charge in [0.2, 0.25) is 0 Å². The fourth-order valence-corrected chi connectivity index (χ4v) is 4.98. The van der Waals surface area contributed by atoms with Crippen LogP contribution in [0.4, 0.5) is 0 Å². The van der Waals surface area contributed by atoms with Crippen molar-refractivity contribution < 1.29 is 29.3 Å². The summed E-state index contributed by atoms with van der Waals surface area (Å²) in [4.78, 5) is 30.8. The SMILES string of the molecule is CC[C@H]1C(=O)C(C)(C)[C@@H](O)CC(=O)O[C@H](C(C)=Cc2ccccn2)C/C=C(/C)CCC2OC2(C)[C@@H]1O. The highest BCUT2D eigenvalue weighted by Gasteiger charge is 2.60. The summed E-state index contributed by atoms with van der Waals surface area (Å²) in [7, 11) is 0. The zero-order valence-electron chi connectivity index (χ0n) is 22.4. The molecule has 2 N–H and O–H groups in total. The molecule has 198 valence electrons. The predicted octanol–water partition coefficient (Wildman–Crippen LogP) is 4.42. The van der Waals surface area contributed by atoms with E-state index in [1.54, 1.807) is 20.0 Å². The van der Waals surface area contributed by atoms with E-state index in [9.17, 15) is 19.8 Å². The number of carbonyl (C=O) groups is 2. The van der Waals surface area contributed by atoms with Crippen LogP contribution >= 0.6 is 0 Å². The van der Waals surface area contributed by atoms with E-state index in [1.807, 2.05) is 52.0 Å². The number of hydrogen-bond donors (Lipinski definition) is 2. The van der Waals surface area contributed by atoms with Crippen molar-refractivity contribution in [2.75, 3.05) is 0 Å². The minimum Gasteiger partial charge on any atom is -0.457 e. The number of hydrogen-bond acceptors (Lipinski definition) is 7. The van der Waals surface area contributed by atoms with Crippen molar-refractivity contribution >= 4 is 17.8 Å². The number of carbonyl (C=O) groups excluding carboxylic acids is 2. The monoisotopic (exact) mass is 499 g/mol. The zero-order chi connectivity index (χ0) is 26.7. The van der Waals surface area contributed by atoms with Crippen molar-refractivity contribution in [3.05, 3.63) is 47.3 Å². The molecule has 0 bridgehead atoms. The molecule has 7 nitrogen and oxygen atoms in total. The minimum absolute atomic E-state index is 0.141. The molecule has 3 heterocycles. The standard InChI is InChI=1S/C29H41NO6/c1-7-21-26(33)28(4,5)23(31)17-25(32)35-22(19(3)16-20-10-8-9-15-30-20)13-11-18(2)12-14-24-29(6,36-24)27(21)34/h8-11,15-16,21-24,27,31,34H,7,12-14,17H2,1-6H3/b18-11-,19-16?/t21-,22-,23-,24?,27+,29?/m0/s1. The molecule has 7 heteroatoms. The van der Waals surface area contributed by atoms with E-state index in [4.69, 9.17) is 9.47 Å². The maximum Gasteiger partial charge on any atom is 0.309 e. The molecular formula is C29H41NO6. The predicted molar refractivity (Wildman–Crippen MR) is 138 cm³/mol. The van der Waals surface area contributed by atoms with Crippen LogP contribution in [0.25, 0.3) is 6.08 Å². The molecule has 0 aliphatic carbocycles. The first-order chi connectivity index (χ1) is 16.9. The van der Waals surface area contributed by atoms with Crippen molar-refractivity contribution in [1.29, 1.82) is 0 Å². The van der Waals surface area contributed by atoms with E-state index in [1.165, 1.54) is 0 Å². The van der Waals surface area contributed by atoms with Gasteiger partial charge in [0.25, 0.3) is 0 Å². The van der Waals surface area contributed by atoms with Gasteiger partial charge in [-0.1, -0.05) is 38.5 Å². The molecule has 1 aromatic rings. The number of pyridine rings is 1. The number of rotatable bonds is 3. The average molecular weight is 500 g/mol. The Hall–Kier alpha value is -2.35. The van der Waals surface area contributed by atoms with Gasteiger partial charge in [-0.05, 0) is 63.8 Å². The average Bonchev–Trinajstić information content (AvgIpc) is 3.51. The van der Waals surface area contributed by atoms with Crippen molar-refractivity contribution in [1.82, 2.24) is 4.98 Å². The lowest BCUT2D eigenvalue weighted by Crippen LogP contribution is -2.48. The van der Waals surface area contributed by atoms with Gasteiger partial charge in [0.15, 0.2) is 0 Å². The van der Waals surface area contributed by atoms with E-state index < -0.39 is 41.2 Å². The minimum atomic E-state index is -1.26. The summed E-state index contributed by atoms with van der Waals surface area (Å²) in [5.41, 5.74) is 0.691. The third kappa shape index (κ3) is 6.31. The van der Waals surface area contributed by atoms with Gasteiger partial charge in [-0.15, -0.1) is 0 Å². The van der Waals surface area contributed by atoms with Crippen molar-refractivity contribution in [2.45, 2.75) is 104 Å². The summed E-state index contributed by atoms with van der Waals surface area (Å²) in [5, 5.41) is 22.1. The molecule has 36 heavy (non-hydrogen) atoms. The Balaban J connectivity index is 1.91. The van der Waals surface area contributed by atoms with E-state index in [0.717, 1.165) is 29.7 Å². The van der Waals surface area contributed by atoms with Crippen LogP contribution in [-0.2, 0) is 19.1 Å². The van der Waals surface area contributed by atoms with Crippen molar-refractivity contribution in [3.63, 3.8) is 0 Å². The summed E-state index contributed by atoms with van der Waals surface area (Å²) in [6, 6.07) is 5.61. The lowest BCUT2D eigenvalue weighted by molar-refractivity contribution is -0.154. The topological polar surface area (TPSA) is 109 Å². The van der Waals surface area contributed by atoms with Crippen LogP contribution in [-0.4, -0.2) is 57.0 Å². The van der Waals surface area contributed by atoms with Crippen LogP contribution in [0, 0.1) is 11.3 Å². The molecule has 6 atom stereocenters. The maximum absolute atomic E-state index is 13.5. The molecule has 1 saturated heterocycles. The molecule has 0 spiro atoms. The summed E-state index contributed by atoms with van der Waals surface area (Å²) < 4.78 is 11.7. The molecule has 0 aromatic carbocycles. The first kappa shape index (κ1) is 28.2. The lowest BCUT2D eigenvalue weighted by atomic mass is 9.71. The summed E-state index contributed by atoms with van der Waals surface area (Å²) in [5.74, 6) is -1.56. The Bertz CT molecular complexity index is 1000. The number of aromatic nitrogens is 1. The molecule has 2 unspecified atom stereocenters. The summed E-state index contributed by atoms with van der Waals surface area (Å²) in [6.45, 7) is 10.9. The van der Waals surface area contributed by atoms with Crippen molar-refractivity contribution in [3.8, 4) is 0 Å². The van der Waals surface area contributed by atoms with Gasteiger partial charge in [-0.3, -0.25) is 14.6 Å². The third-order valence-corrected chi connectivity index (χ3v) is 7.88. The zero-order valence-corrected chi connectivity index (χ0v) is 22.4. The van der Waals surface area contributed by atoms with Crippen molar-refractivity contribution in [2.24, 2.45) is 11.3 Å². The Morgan fingerprint density at radius 1 is 1.22 bits per heavy atom. The Morgan fingerprint density at radius 2 is 1.94 bits per heavy atom. The second-order valence-electron chi connectivity index (χ2n) is 11.0. The molecule has 2 aliphatic heterocycles. The number of Topliss-reactive ketones (excluding diaryl/α,β-unsaturated/α-hetero) is 1. The first-order valence-corrected chi connectivity index (χ1v) is 12.9. The molecule has 0 amide bonds. The van der Waals surface area contributed by atoms with Gasteiger partial charge in [-0.2, -0.15) is 0 Å². The number of aliphatic hydroxyl groups excluding tert-OH is 2. The third-order valence-electron chi connectivity index (χ3n) is 7.88. The van der Waals surface area contributed by atoms with Gasteiger partial charge in [0.1, 0.15) is 17.5 Å². The number of esters is 1. The lowest BCUT2D eigenvalue weighted by Gasteiger charge is -2.35. The van der Waals surface area contributed by atoms with Crippen LogP contribution in [0.5, 0.6) is 0 Å². The highest BCUT2D eigenvalue weighted by Crippen LogP contribution is 2.46. The van der Waals surface area contributed by atoms with Gasteiger partial charge in [-0.25, -0.2) is 0 Å². The number of epoxide rings is 1. The second kappa shape index (κ2) is 11.4. The molecule has 0 radical (unpaired) electrons. The summed E-state index contributed by atoms with van der Waals surface area (Å²) >= 11 is 0. The Kier molecular flexibility index (Phi) is 8.91. The van der Waals surface area contributed by atoms with Crippen LogP contribution in [0.15, 0.2) is 41.6 Å². The van der Waals surface area contributed by atoms with Crippen LogP contribution in [0.1, 0.15) is 79.3 Å². The highest BCUT2D eigenvalue weighted by atomic mass is 16.6. The van der Waals surface area contributed by atoms with Crippen LogP contribution in [0.2, 0.25) is 0 Å². The molecule has 3 rings (SSSR count). The number of ether oxygens (including phenoxy) is 2. The van der Waals surface area contributed by atoms with E-state index >= 15 is 0 Å². The number of ketones is 1. The normalized spacial score (nSPS) is 35.8. The Labute approximate surface area is 214 Å². The quantitative estimate of drug-likeness (QED) is 0.360. The fourth-order valence-electron chi connectivity index (χ4n) is 4.98. The number of nitrogens with zero attached hydrogens (tertiary/aromatic N) is 1. The number of allylic oxidation sites excluding steroid dienone is 1. The van der Waals surface area contributed by atoms with Gasteiger partial charge in [0, 0.05) is 18.5 Å². The van der Waals surface area contributed by atoms with E-state index in [2.05, 4.69) is 11.1 Å². The second-order valence-corrected chi connectivity index (χ2v) is 11.0. The van der Waals surface area contributed by atoms with Gasteiger partial charge in [0.05, 0.1) is 35.8 Å². The first-order valence-electron chi connectivity index (χ1n) is 12.9. The van der Waals surface area contributed by atoms with Gasteiger partial charge < -0.3 is 19.7 Å². The fraction of sp³-hybridized carbons (Fsp3) is 0.621. The van der Waals surface area contributed by atoms with Gasteiger partial charge >= 0.3 is 5.97 Å². The largest absolute Gasteiger partial charge is 0.457 e. The smallest absolute Gasteiger partial charge is 0.309 e. The number of fused-ring (bicyclic) bond motifs is 1. The summed E-state index contributed by atoms with van der Waals surface area (Å²) in [6.07, 6.45) is 4.81. The Morgan fingerprint density at radius 3 is 2.58 bits per heavy atom. The molecule has 1 fully saturated rings. The molecular weight excluding hydrogens is 458 g/mol. The maximum atomic E-state index is 13.5.